The minimum absolute atomic E-state index is 0.118. The summed E-state index contributed by atoms with van der Waals surface area (Å²) in [5, 5.41) is 20.7. The molecule has 0 spiro atoms. The van der Waals surface area contributed by atoms with Gasteiger partial charge in [0, 0.05) is 11.8 Å². The van der Waals surface area contributed by atoms with Gasteiger partial charge in [0.05, 0.1) is 16.1 Å². The first-order chi connectivity index (χ1) is 11.8. The summed E-state index contributed by atoms with van der Waals surface area (Å²) >= 11 is 1.59. The van der Waals surface area contributed by atoms with Gasteiger partial charge in [-0.1, -0.05) is 42.5 Å². The van der Waals surface area contributed by atoms with Crippen molar-refractivity contribution < 1.29 is 5.11 Å². The number of hydrogen-bond donors (Lipinski definition) is 1. The molecule has 0 aliphatic carbocycles. The van der Waals surface area contributed by atoms with Gasteiger partial charge in [-0.15, -0.1) is 21.5 Å². The van der Waals surface area contributed by atoms with E-state index in [1.54, 1.807) is 17.5 Å². The average molecular weight is 331 g/mol. The van der Waals surface area contributed by atoms with E-state index in [0.717, 1.165) is 21.7 Å². The molecule has 4 nitrogen and oxygen atoms in total. The van der Waals surface area contributed by atoms with E-state index < -0.39 is 0 Å². The fourth-order valence-corrected chi connectivity index (χ4v) is 3.37. The summed E-state index contributed by atoms with van der Waals surface area (Å²) in [5.41, 5.74) is 3.81. The molecule has 3 aromatic heterocycles. The number of hydrogen-bond acceptors (Lipinski definition) is 5. The Balaban J connectivity index is 2.08. The summed E-state index contributed by atoms with van der Waals surface area (Å²) in [7, 11) is 0. The highest BCUT2D eigenvalue weighted by Gasteiger charge is 2.21. The smallest absolute Gasteiger partial charge is 0.241 e. The Labute approximate surface area is 143 Å². The van der Waals surface area contributed by atoms with Crippen molar-refractivity contribution in [1.29, 1.82) is 0 Å². The SMILES string of the molecule is Oc1nnc(-c2cccs2)c(-c2ccccc2)c1-c1ccccn1. The Bertz CT molecular complexity index is 955. The third-order valence-corrected chi connectivity index (χ3v) is 4.57. The molecule has 24 heavy (non-hydrogen) atoms. The van der Waals surface area contributed by atoms with Gasteiger partial charge in [-0.2, -0.15) is 0 Å². The van der Waals surface area contributed by atoms with Crippen LogP contribution >= 0.6 is 11.3 Å². The van der Waals surface area contributed by atoms with Crippen molar-refractivity contribution in [2.75, 3.05) is 0 Å². The van der Waals surface area contributed by atoms with Crippen LogP contribution < -0.4 is 0 Å². The first kappa shape index (κ1) is 14.5. The second-order valence-corrected chi connectivity index (χ2v) is 6.13. The predicted molar refractivity (Wildman–Crippen MR) is 95.7 cm³/mol. The first-order valence-electron chi connectivity index (χ1n) is 7.45. The Kier molecular flexibility index (Phi) is 3.76. The van der Waals surface area contributed by atoms with Crippen molar-refractivity contribution >= 4 is 11.3 Å². The van der Waals surface area contributed by atoms with E-state index in [0.29, 0.717) is 11.3 Å². The topological polar surface area (TPSA) is 58.9 Å². The zero-order valence-electron chi connectivity index (χ0n) is 12.6. The highest BCUT2D eigenvalue weighted by Crippen LogP contribution is 2.42. The molecule has 116 valence electrons. The van der Waals surface area contributed by atoms with Crippen molar-refractivity contribution in [3.8, 4) is 38.8 Å². The minimum atomic E-state index is -0.118. The summed E-state index contributed by atoms with van der Waals surface area (Å²) in [4.78, 5) is 5.39. The van der Waals surface area contributed by atoms with Crippen LogP contribution in [0.15, 0.2) is 72.2 Å². The van der Waals surface area contributed by atoms with E-state index in [9.17, 15) is 5.11 Å². The average Bonchev–Trinajstić information content (AvgIpc) is 3.17. The number of nitrogens with zero attached hydrogens (tertiary/aromatic N) is 3. The molecule has 4 rings (SSSR count). The lowest BCUT2D eigenvalue weighted by atomic mass is 9.96. The molecule has 0 unspecified atom stereocenters. The van der Waals surface area contributed by atoms with Crippen LogP contribution in [-0.2, 0) is 0 Å². The molecular formula is C19H13N3OS. The van der Waals surface area contributed by atoms with Crippen LogP contribution in [0.2, 0.25) is 0 Å². The van der Waals surface area contributed by atoms with Crippen LogP contribution in [0.5, 0.6) is 5.88 Å². The van der Waals surface area contributed by atoms with E-state index in [1.807, 2.05) is 66.0 Å². The number of thiophene rings is 1. The Hall–Kier alpha value is -3.05. The molecular weight excluding hydrogens is 318 g/mol. The lowest BCUT2D eigenvalue weighted by molar-refractivity contribution is 0.448. The van der Waals surface area contributed by atoms with Crippen molar-refractivity contribution in [3.63, 3.8) is 0 Å². The van der Waals surface area contributed by atoms with Crippen LogP contribution in [-0.4, -0.2) is 20.3 Å². The minimum Gasteiger partial charge on any atom is -0.492 e. The maximum atomic E-state index is 10.4. The fourth-order valence-electron chi connectivity index (χ4n) is 2.65. The van der Waals surface area contributed by atoms with Crippen molar-refractivity contribution in [2.45, 2.75) is 0 Å². The molecule has 0 bridgehead atoms. The monoisotopic (exact) mass is 331 g/mol. The molecule has 4 aromatic rings. The Morgan fingerprint density at radius 2 is 1.62 bits per heavy atom. The summed E-state index contributed by atoms with van der Waals surface area (Å²) in [6.45, 7) is 0. The van der Waals surface area contributed by atoms with E-state index >= 15 is 0 Å². The van der Waals surface area contributed by atoms with E-state index in [4.69, 9.17) is 0 Å². The van der Waals surface area contributed by atoms with Gasteiger partial charge >= 0.3 is 0 Å². The molecule has 0 aliphatic heterocycles. The van der Waals surface area contributed by atoms with Crippen molar-refractivity contribution in [2.24, 2.45) is 0 Å². The van der Waals surface area contributed by atoms with Crippen LogP contribution in [0.3, 0.4) is 0 Å². The second kappa shape index (κ2) is 6.22. The second-order valence-electron chi connectivity index (χ2n) is 5.18. The van der Waals surface area contributed by atoms with Gasteiger partial charge in [-0.05, 0) is 29.1 Å². The van der Waals surface area contributed by atoms with Crippen LogP contribution in [0.1, 0.15) is 0 Å². The zero-order chi connectivity index (χ0) is 16.4. The van der Waals surface area contributed by atoms with Gasteiger partial charge < -0.3 is 5.11 Å². The van der Waals surface area contributed by atoms with Crippen molar-refractivity contribution in [1.82, 2.24) is 15.2 Å². The molecule has 3 heterocycles. The number of aromatic nitrogens is 3. The summed E-state index contributed by atoms with van der Waals surface area (Å²) in [6.07, 6.45) is 1.70. The largest absolute Gasteiger partial charge is 0.492 e. The summed E-state index contributed by atoms with van der Waals surface area (Å²) in [5.74, 6) is -0.118. The Morgan fingerprint density at radius 1 is 0.792 bits per heavy atom. The first-order valence-corrected chi connectivity index (χ1v) is 8.33. The van der Waals surface area contributed by atoms with Crippen molar-refractivity contribution in [3.05, 3.63) is 72.2 Å². The predicted octanol–water partition coefficient (Wildman–Crippen LogP) is 4.64. The third kappa shape index (κ3) is 2.55. The quantitative estimate of drug-likeness (QED) is 0.594. The van der Waals surface area contributed by atoms with E-state index in [-0.39, 0.29) is 5.88 Å². The Morgan fingerprint density at radius 3 is 2.33 bits per heavy atom. The van der Waals surface area contributed by atoms with Crippen LogP contribution in [0.25, 0.3) is 33.0 Å². The molecule has 5 heteroatoms. The van der Waals surface area contributed by atoms with Gasteiger partial charge in [-0.25, -0.2) is 0 Å². The fraction of sp³-hybridized carbons (Fsp3) is 0. The molecule has 0 radical (unpaired) electrons. The van der Waals surface area contributed by atoms with Gasteiger partial charge in [-0.3, -0.25) is 4.98 Å². The summed E-state index contributed by atoms with van der Waals surface area (Å²) < 4.78 is 0. The summed E-state index contributed by atoms with van der Waals surface area (Å²) in [6, 6.07) is 19.5. The zero-order valence-corrected chi connectivity index (χ0v) is 13.4. The molecule has 0 aliphatic rings. The van der Waals surface area contributed by atoms with E-state index in [2.05, 4.69) is 15.2 Å². The molecule has 0 fully saturated rings. The van der Waals surface area contributed by atoms with Crippen LogP contribution in [0.4, 0.5) is 0 Å². The van der Waals surface area contributed by atoms with Gasteiger partial charge in [0.25, 0.3) is 0 Å². The number of benzene rings is 1. The third-order valence-electron chi connectivity index (χ3n) is 3.69. The highest BCUT2D eigenvalue weighted by atomic mass is 32.1. The van der Waals surface area contributed by atoms with Crippen LogP contribution in [0, 0.1) is 0 Å². The lowest BCUT2D eigenvalue weighted by Crippen LogP contribution is -1.97. The molecule has 0 saturated carbocycles. The van der Waals surface area contributed by atoms with Gasteiger partial charge in [0.1, 0.15) is 5.69 Å². The highest BCUT2D eigenvalue weighted by molar-refractivity contribution is 7.13. The van der Waals surface area contributed by atoms with Gasteiger partial charge in [0.2, 0.25) is 5.88 Å². The number of pyridine rings is 1. The van der Waals surface area contributed by atoms with Gasteiger partial charge in [0.15, 0.2) is 0 Å². The molecule has 0 amide bonds. The maximum Gasteiger partial charge on any atom is 0.241 e. The number of rotatable bonds is 3. The lowest BCUT2D eigenvalue weighted by Gasteiger charge is -2.13. The molecule has 0 saturated heterocycles. The normalized spacial score (nSPS) is 10.7. The molecule has 0 atom stereocenters. The molecule has 1 N–H and O–H groups in total. The maximum absolute atomic E-state index is 10.4. The number of aromatic hydroxyl groups is 1. The van der Waals surface area contributed by atoms with E-state index in [1.165, 1.54) is 0 Å². The molecule has 1 aromatic carbocycles. The standard InChI is InChI=1S/C19H13N3OS/c23-19-17(14-9-4-5-11-20-14)16(13-7-2-1-3-8-13)18(21-22-19)15-10-6-12-24-15/h1-12H,(H,22,23).